The molecule has 3 unspecified atom stereocenters. The maximum absolute atomic E-state index is 12.7. The molecule has 4 bridgehead atoms. The Hall–Kier alpha value is -1.55. The fraction of sp³-hybridized carbons (Fsp3) is 0.611. The molecular formula is C18H24N2O2. The third-order valence-corrected chi connectivity index (χ3v) is 6.37. The van der Waals surface area contributed by atoms with Crippen molar-refractivity contribution in [2.24, 2.45) is 29.0 Å². The van der Waals surface area contributed by atoms with E-state index in [-0.39, 0.29) is 11.3 Å². The van der Waals surface area contributed by atoms with Crippen molar-refractivity contribution in [3.63, 3.8) is 0 Å². The minimum absolute atomic E-state index is 0.0485. The van der Waals surface area contributed by atoms with Gasteiger partial charge in [-0.2, -0.15) is 0 Å². The fourth-order valence-corrected chi connectivity index (χ4v) is 5.91. The average Bonchev–Trinajstić information content (AvgIpc) is 2.53. The molecule has 4 aliphatic carbocycles. The van der Waals surface area contributed by atoms with Crippen LogP contribution >= 0.6 is 0 Å². The Morgan fingerprint density at radius 3 is 2.36 bits per heavy atom. The second-order valence-electron chi connectivity index (χ2n) is 7.49. The smallest absolute Gasteiger partial charge is 0.240 e. The number of methoxy groups -OCH3 is 1. The van der Waals surface area contributed by atoms with Gasteiger partial charge in [-0.1, -0.05) is 12.1 Å². The number of hydrogen-bond acceptors (Lipinski definition) is 3. The molecule has 0 heterocycles. The van der Waals surface area contributed by atoms with E-state index in [9.17, 15) is 4.79 Å². The quantitative estimate of drug-likeness (QED) is 0.512. The summed E-state index contributed by atoms with van der Waals surface area (Å²) in [6.07, 6.45) is 5.85. The minimum atomic E-state index is -0.294. The molecule has 4 aliphatic rings. The van der Waals surface area contributed by atoms with Crippen LogP contribution in [-0.2, 0) is 4.79 Å². The van der Waals surface area contributed by atoms with Crippen molar-refractivity contribution in [2.45, 2.75) is 38.0 Å². The van der Waals surface area contributed by atoms with Crippen LogP contribution in [0.1, 0.15) is 43.6 Å². The van der Waals surface area contributed by atoms with E-state index in [2.05, 4.69) is 17.6 Å². The number of hydrazine groups is 1. The van der Waals surface area contributed by atoms with Gasteiger partial charge in [-0.05, 0) is 67.6 Å². The van der Waals surface area contributed by atoms with Crippen LogP contribution in [0.5, 0.6) is 5.75 Å². The number of nitrogens with one attached hydrogen (secondary N) is 1. The second-order valence-corrected chi connectivity index (χ2v) is 7.49. The molecule has 3 N–H and O–H groups in total. The predicted octanol–water partition coefficient (Wildman–Crippen LogP) is 2.60. The molecule has 0 saturated heterocycles. The molecule has 4 fully saturated rings. The van der Waals surface area contributed by atoms with Crippen LogP contribution in [0, 0.1) is 23.2 Å². The Morgan fingerprint density at radius 1 is 1.18 bits per heavy atom. The second kappa shape index (κ2) is 4.98. The number of amides is 1. The molecule has 22 heavy (non-hydrogen) atoms. The van der Waals surface area contributed by atoms with Gasteiger partial charge >= 0.3 is 0 Å². The fourth-order valence-electron chi connectivity index (χ4n) is 5.91. The number of carbonyl (C=O) groups excluding carboxylic acids is 1. The van der Waals surface area contributed by atoms with Gasteiger partial charge in [0.15, 0.2) is 0 Å². The molecule has 0 aromatic heterocycles. The Balaban J connectivity index is 1.76. The summed E-state index contributed by atoms with van der Waals surface area (Å²) in [5, 5.41) is 0. The van der Waals surface area contributed by atoms with E-state index >= 15 is 0 Å². The number of hydrogen-bond donors (Lipinski definition) is 2. The molecule has 4 heteroatoms. The molecule has 0 aliphatic heterocycles. The van der Waals surface area contributed by atoms with Crippen LogP contribution in [-0.4, -0.2) is 13.0 Å². The summed E-state index contributed by atoms with van der Waals surface area (Å²) in [7, 11) is 1.68. The third-order valence-electron chi connectivity index (χ3n) is 6.37. The maximum Gasteiger partial charge on any atom is 0.240 e. The summed E-state index contributed by atoms with van der Waals surface area (Å²) in [5.74, 6) is 8.82. The first-order valence-corrected chi connectivity index (χ1v) is 8.31. The standard InChI is InChI=1S/C18H24N2O2/c1-22-15-4-2-13(3-5-15)16-14-7-11-6-12(8-14)10-18(16,9-11)17(21)20-19/h2-5,11-12,14,16H,6-10,19H2,1H3,(H,20,21). The third kappa shape index (κ3) is 1.89. The SMILES string of the molecule is COc1ccc(C2C3CC4CC(C3)CC2(C(=O)NN)C4)cc1. The van der Waals surface area contributed by atoms with Gasteiger partial charge in [0.1, 0.15) is 5.75 Å². The molecule has 1 amide bonds. The summed E-state index contributed by atoms with van der Waals surface area (Å²) < 4.78 is 5.27. The van der Waals surface area contributed by atoms with Crippen molar-refractivity contribution in [3.05, 3.63) is 29.8 Å². The summed E-state index contributed by atoms with van der Waals surface area (Å²) in [6, 6.07) is 8.29. The molecule has 3 atom stereocenters. The molecule has 1 aromatic rings. The molecule has 0 spiro atoms. The van der Waals surface area contributed by atoms with Gasteiger partial charge in [0.25, 0.3) is 0 Å². The monoisotopic (exact) mass is 300 g/mol. The lowest BCUT2D eigenvalue weighted by molar-refractivity contribution is -0.150. The van der Waals surface area contributed by atoms with E-state index in [1.54, 1.807) is 7.11 Å². The summed E-state index contributed by atoms with van der Waals surface area (Å²) >= 11 is 0. The minimum Gasteiger partial charge on any atom is -0.497 e. The van der Waals surface area contributed by atoms with Crippen LogP contribution in [0.15, 0.2) is 24.3 Å². The largest absolute Gasteiger partial charge is 0.497 e. The Bertz CT molecular complexity index is 569. The topological polar surface area (TPSA) is 64.3 Å². The van der Waals surface area contributed by atoms with Gasteiger partial charge < -0.3 is 4.74 Å². The maximum atomic E-state index is 12.7. The average molecular weight is 300 g/mol. The highest BCUT2D eigenvalue weighted by molar-refractivity contribution is 5.84. The van der Waals surface area contributed by atoms with Gasteiger partial charge in [-0.25, -0.2) is 5.84 Å². The zero-order valence-electron chi connectivity index (χ0n) is 13.0. The van der Waals surface area contributed by atoms with Gasteiger partial charge in [-0.3, -0.25) is 10.2 Å². The van der Waals surface area contributed by atoms with E-state index in [0.29, 0.717) is 23.7 Å². The molecular weight excluding hydrogens is 276 g/mol. The zero-order chi connectivity index (χ0) is 15.3. The molecule has 118 valence electrons. The van der Waals surface area contributed by atoms with E-state index in [1.807, 2.05) is 12.1 Å². The number of rotatable bonds is 3. The van der Waals surface area contributed by atoms with Gasteiger partial charge in [-0.15, -0.1) is 0 Å². The van der Waals surface area contributed by atoms with Crippen LogP contribution < -0.4 is 16.0 Å². The van der Waals surface area contributed by atoms with Crippen LogP contribution in [0.25, 0.3) is 0 Å². The van der Waals surface area contributed by atoms with Crippen molar-refractivity contribution in [2.75, 3.05) is 7.11 Å². The first kappa shape index (κ1) is 14.1. The molecule has 5 rings (SSSR count). The van der Waals surface area contributed by atoms with Crippen molar-refractivity contribution in [1.82, 2.24) is 5.43 Å². The van der Waals surface area contributed by atoms with E-state index in [0.717, 1.165) is 18.6 Å². The van der Waals surface area contributed by atoms with Crippen LogP contribution in [0.4, 0.5) is 0 Å². The highest BCUT2D eigenvalue weighted by Gasteiger charge is 2.60. The Kier molecular flexibility index (Phi) is 3.19. The molecule has 1 aromatic carbocycles. The van der Waals surface area contributed by atoms with Gasteiger partial charge in [0.2, 0.25) is 5.91 Å². The Labute approximate surface area is 131 Å². The number of ether oxygens (including phenoxy) is 1. The first-order chi connectivity index (χ1) is 10.7. The summed E-state index contributed by atoms with van der Waals surface area (Å²) in [4.78, 5) is 12.7. The van der Waals surface area contributed by atoms with Crippen molar-refractivity contribution >= 4 is 5.91 Å². The molecule has 4 saturated carbocycles. The number of nitrogens with two attached hydrogens (primary N) is 1. The molecule has 0 radical (unpaired) electrons. The number of benzene rings is 1. The van der Waals surface area contributed by atoms with Crippen molar-refractivity contribution in [1.29, 1.82) is 0 Å². The van der Waals surface area contributed by atoms with Crippen LogP contribution in [0.3, 0.4) is 0 Å². The summed E-state index contributed by atoms with van der Waals surface area (Å²) in [6.45, 7) is 0. The zero-order valence-corrected chi connectivity index (χ0v) is 13.0. The summed E-state index contributed by atoms with van der Waals surface area (Å²) in [5.41, 5.74) is 3.46. The van der Waals surface area contributed by atoms with Crippen molar-refractivity contribution in [3.8, 4) is 5.75 Å². The first-order valence-electron chi connectivity index (χ1n) is 8.31. The van der Waals surface area contributed by atoms with Crippen molar-refractivity contribution < 1.29 is 9.53 Å². The van der Waals surface area contributed by atoms with E-state index in [4.69, 9.17) is 10.6 Å². The lowest BCUT2D eigenvalue weighted by Gasteiger charge is -2.60. The van der Waals surface area contributed by atoms with Gasteiger partial charge in [0.05, 0.1) is 12.5 Å². The highest BCUT2D eigenvalue weighted by Crippen LogP contribution is 2.66. The molecule has 4 nitrogen and oxygen atoms in total. The highest BCUT2D eigenvalue weighted by atomic mass is 16.5. The van der Waals surface area contributed by atoms with Crippen LogP contribution in [0.2, 0.25) is 0 Å². The van der Waals surface area contributed by atoms with E-state index < -0.39 is 0 Å². The normalized spacial score (nSPS) is 38.8. The lowest BCUT2D eigenvalue weighted by Crippen LogP contribution is -2.59. The predicted molar refractivity (Wildman–Crippen MR) is 84.1 cm³/mol. The lowest BCUT2D eigenvalue weighted by atomic mass is 9.43. The Morgan fingerprint density at radius 2 is 1.82 bits per heavy atom. The number of carbonyl (C=O) groups is 1. The van der Waals surface area contributed by atoms with E-state index in [1.165, 1.54) is 24.8 Å². The van der Waals surface area contributed by atoms with Gasteiger partial charge in [0, 0.05) is 5.92 Å².